The first kappa shape index (κ1) is 11.9. The van der Waals surface area contributed by atoms with Gasteiger partial charge in [0.15, 0.2) is 0 Å². The monoisotopic (exact) mass is 225 g/mol. The zero-order valence-corrected chi connectivity index (χ0v) is 9.84. The van der Waals surface area contributed by atoms with Crippen LogP contribution in [-0.4, -0.2) is 9.55 Å². The van der Waals surface area contributed by atoms with Gasteiger partial charge in [0.2, 0.25) is 0 Å². The molecule has 0 radical (unpaired) electrons. The topological polar surface area (TPSA) is 43.8 Å². The van der Waals surface area contributed by atoms with E-state index in [9.17, 15) is 0 Å². The van der Waals surface area contributed by atoms with Crippen LogP contribution in [0.15, 0.2) is 18.2 Å². The third-order valence-electron chi connectivity index (χ3n) is 2.45. The second-order valence-corrected chi connectivity index (χ2v) is 3.53. The Labute approximate surface area is 95.7 Å². The fraction of sp³-hybridized carbons (Fsp3) is 0.364. The van der Waals surface area contributed by atoms with Gasteiger partial charge in [0, 0.05) is 6.54 Å². The van der Waals surface area contributed by atoms with Gasteiger partial charge < -0.3 is 10.3 Å². The van der Waals surface area contributed by atoms with E-state index in [1.54, 1.807) is 0 Å². The highest BCUT2D eigenvalue weighted by molar-refractivity contribution is 5.87. The standard InChI is InChI=1S/C11H15N3.ClH/c1-3-7-14-8(2)13-11-9(12)5-4-6-10(11)14;/h4-6H,3,7,12H2,1-2H3;1H. The third-order valence-corrected chi connectivity index (χ3v) is 2.45. The Morgan fingerprint density at radius 1 is 1.40 bits per heavy atom. The minimum absolute atomic E-state index is 0. The number of nitrogen functional groups attached to an aromatic ring is 1. The molecule has 0 saturated carbocycles. The van der Waals surface area contributed by atoms with Gasteiger partial charge in [-0.1, -0.05) is 13.0 Å². The molecule has 0 aliphatic carbocycles. The van der Waals surface area contributed by atoms with E-state index in [1.165, 1.54) is 0 Å². The van der Waals surface area contributed by atoms with Crippen LogP contribution in [0.4, 0.5) is 5.69 Å². The van der Waals surface area contributed by atoms with Crippen LogP contribution in [0.3, 0.4) is 0 Å². The number of fused-ring (bicyclic) bond motifs is 1. The SMILES string of the molecule is CCCn1c(C)nc2c(N)cccc21.Cl. The van der Waals surface area contributed by atoms with E-state index in [2.05, 4.69) is 22.5 Å². The number of para-hydroxylation sites is 1. The predicted octanol–water partition coefficient (Wildman–Crippen LogP) is 2.76. The Balaban J connectivity index is 0.00000112. The van der Waals surface area contributed by atoms with Gasteiger partial charge in [-0.25, -0.2) is 4.98 Å². The first-order valence-electron chi connectivity index (χ1n) is 4.95. The van der Waals surface area contributed by atoms with Gasteiger partial charge in [-0.05, 0) is 25.5 Å². The lowest BCUT2D eigenvalue weighted by Crippen LogP contribution is -1.98. The average Bonchev–Trinajstić information content (AvgIpc) is 2.47. The summed E-state index contributed by atoms with van der Waals surface area (Å²) in [6.45, 7) is 5.19. The van der Waals surface area contributed by atoms with Crippen LogP contribution in [0, 0.1) is 6.92 Å². The van der Waals surface area contributed by atoms with E-state index >= 15 is 0 Å². The lowest BCUT2D eigenvalue weighted by Gasteiger charge is -2.03. The fourth-order valence-corrected chi connectivity index (χ4v) is 1.79. The Morgan fingerprint density at radius 3 is 2.80 bits per heavy atom. The molecule has 2 rings (SSSR count). The first-order chi connectivity index (χ1) is 6.74. The maximum atomic E-state index is 5.86. The summed E-state index contributed by atoms with van der Waals surface area (Å²) in [5.41, 5.74) is 8.70. The molecule has 0 fully saturated rings. The molecule has 2 aromatic rings. The van der Waals surface area contributed by atoms with Crippen molar-refractivity contribution in [2.45, 2.75) is 26.8 Å². The molecule has 0 aliphatic heterocycles. The van der Waals surface area contributed by atoms with Gasteiger partial charge in [-0.2, -0.15) is 0 Å². The molecule has 4 heteroatoms. The minimum Gasteiger partial charge on any atom is -0.397 e. The molecule has 2 N–H and O–H groups in total. The number of nitrogens with zero attached hydrogens (tertiary/aromatic N) is 2. The van der Waals surface area contributed by atoms with Crippen LogP contribution in [0.1, 0.15) is 19.2 Å². The third kappa shape index (κ3) is 1.92. The summed E-state index contributed by atoms with van der Waals surface area (Å²) in [7, 11) is 0. The first-order valence-corrected chi connectivity index (χ1v) is 4.95. The largest absolute Gasteiger partial charge is 0.397 e. The van der Waals surface area contributed by atoms with Crippen molar-refractivity contribution >= 4 is 29.1 Å². The number of rotatable bonds is 2. The smallest absolute Gasteiger partial charge is 0.112 e. The molecule has 82 valence electrons. The number of hydrogen-bond donors (Lipinski definition) is 1. The van der Waals surface area contributed by atoms with Crippen LogP contribution in [0.5, 0.6) is 0 Å². The minimum atomic E-state index is 0. The van der Waals surface area contributed by atoms with Crippen molar-refractivity contribution in [1.29, 1.82) is 0 Å². The van der Waals surface area contributed by atoms with E-state index < -0.39 is 0 Å². The van der Waals surface area contributed by atoms with E-state index in [0.717, 1.165) is 35.5 Å². The number of nitrogens with two attached hydrogens (primary N) is 1. The molecule has 3 nitrogen and oxygen atoms in total. The number of halogens is 1. The quantitative estimate of drug-likeness (QED) is 0.799. The molecule has 1 aromatic heterocycles. The fourth-order valence-electron chi connectivity index (χ4n) is 1.79. The maximum Gasteiger partial charge on any atom is 0.112 e. The Morgan fingerprint density at radius 2 is 2.13 bits per heavy atom. The van der Waals surface area contributed by atoms with Crippen LogP contribution in [0.25, 0.3) is 11.0 Å². The molecule has 15 heavy (non-hydrogen) atoms. The highest BCUT2D eigenvalue weighted by atomic mass is 35.5. The molecule has 0 atom stereocenters. The zero-order valence-electron chi connectivity index (χ0n) is 9.03. The maximum absolute atomic E-state index is 5.86. The summed E-state index contributed by atoms with van der Waals surface area (Å²) in [5.74, 6) is 1.04. The van der Waals surface area contributed by atoms with E-state index in [1.807, 2.05) is 19.1 Å². The molecule has 0 aliphatic rings. The van der Waals surface area contributed by atoms with E-state index in [4.69, 9.17) is 5.73 Å². The van der Waals surface area contributed by atoms with E-state index in [0.29, 0.717) is 0 Å². The average molecular weight is 226 g/mol. The van der Waals surface area contributed by atoms with Crippen LogP contribution < -0.4 is 5.73 Å². The van der Waals surface area contributed by atoms with Gasteiger partial charge in [0.1, 0.15) is 11.3 Å². The molecule has 0 saturated heterocycles. The number of hydrogen-bond acceptors (Lipinski definition) is 2. The van der Waals surface area contributed by atoms with Gasteiger partial charge in [-0.15, -0.1) is 12.4 Å². The molecule has 0 bridgehead atoms. The predicted molar refractivity (Wildman–Crippen MR) is 66.4 cm³/mol. The number of aryl methyl sites for hydroxylation is 2. The highest BCUT2D eigenvalue weighted by Crippen LogP contribution is 2.21. The van der Waals surface area contributed by atoms with Crippen molar-refractivity contribution in [2.75, 3.05) is 5.73 Å². The Bertz CT molecular complexity index is 462. The summed E-state index contributed by atoms with van der Waals surface area (Å²) in [4.78, 5) is 4.47. The lowest BCUT2D eigenvalue weighted by molar-refractivity contribution is 0.676. The Kier molecular flexibility index (Phi) is 3.58. The van der Waals surface area contributed by atoms with Crippen LogP contribution >= 0.6 is 12.4 Å². The van der Waals surface area contributed by atoms with Gasteiger partial charge in [-0.3, -0.25) is 0 Å². The molecule has 0 spiro atoms. The lowest BCUT2D eigenvalue weighted by atomic mass is 10.2. The summed E-state index contributed by atoms with van der Waals surface area (Å²) in [5, 5.41) is 0. The van der Waals surface area contributed by atoms with Crippen molar-refractivity contribution < 1.29 is 0 Å². The second kappa shape index (κ2) is 4.53. The molecule has 0 unspecified atom stereocenters. The van der Waals surface area contributed by atoms with Crippen molar-refractivity contribution in [3.05, 3.63) is 24.0 Å². The normalized spacial score (nSPS) is 10.3. The van der Waals surface area contributed by atoms with Gasteiger partial charge in [0.25, 0.3) is 0 Å². The molecule has 1 heterocycles. The summed E-state index contributed by atoms with van der Waals surface area (Å²) in [6.07, 6.45) is 1.11. The van der Waals surface area contributed by atoms with Crippen molar-refractivity contribution in [3.8, 4) is 0 Å². The van der Waals surface area contributed by atoms with Gasteiger partial charge in [0.05, 0.1) is 11.2 Å². The molecule has 1 aromatic carbocycles. The number of benzene rings is 1. The summed E-state index contributed by atoms with van der Waals surface area (Å²) >= 11 is 0. The van der Waals surface area contributed by atoms with Crippen LogP contribution in [0.2, 0.25) is 0 Å². The van der Waals surface area contributed by atoms with Crippen molar-refractivity contribution in [3.63, 3.8) is 0 Å². The van der Waals surface area contributed by atoms with E-state index in [-0.39, 0.29) is 12.4 Å². The number of aromatic nitrogens is 2. The van der Waals surface area contributed by atoms with Gasteiger partial charge >= 0.3 is 0 Å². The molecular weight excluding hydrogens is 210 g/mol. The van der Waals surface area contributed by atoms with Crippen molar-refractivity contribution in [1.82, 2.24) is 9.55 Å². The Hall–Kier alpha value is -1.22. The summed E-state index contributed by atoms with van der Waals surface area (Å²) in [6, 6.07) is 5.94. The highest BCUT2D eigenvalue weighted by Gasteiger charge is 2.07. The van der Waals surface area contributed by atoms with Crippen molar-refractivity contribution in [2.24, 2.45) is 0 Å². The molecular formula is C11H16ClN3. The molecule has 0 amide bonds. The summed E-state index contributed by atoms with van der Waals surface area (Å²) < 4.78 is 2.21. The second-order valence-electron chi connectivity index (χ2n) is 3.53. The zero-order chi connectivity index (χ0) is 10.1. The number of anilines is 1. The number of imidazole rings is 1. The van der Waals surface area contributed by atoms with Crippen LogP contribution in [-0.2, 0) is 6.54 Å².